The third-order valence-corrected chi connectivity index (χ3v) is 4.29. The van der Waals surface area contributed by atoms with Crippen molar-refractivity contribution in [2.45, 2.75) is 27.3 Å². The van der Waals surface area contributed by atoms with Crippen LogP contribution in [-0.2, 0) is 11.3 Å². The van der Waals surface area contributed by atoms with Gasteiger partial charge in [-0.05, 0) is 56.2 Å². The van der Waals surface area contributed by atoms with Gasteiger partial charge in [-0.15, -0.1) is 0 Å². The summed E-state index contributed by atoms with van der Waals surface area (Å²) in [6.45, 7) is 6.37. The molecular formula is C20H22N4O2. The number of carbonyl (C=O) groups excluding carboxylic acids is 1. The number of hydrogen-bond acceptors (Lipinski definition) is 4. The molecule has 1 N–H and O–H groups in total. The highest BCUT2D eigenvalue weighted by Crippen LogP contribution is 2.22. The van der Waals surface area contributed by atoms with Crippen LogP contribution in [0.25, 0.3) is 16.9 Å². The van der Waals surface area contributed by atoms with Gasteiger partial charge in [0.1, 0.15) is 0 Å². The van der Waals surface area contributed by atoms with Gasteiger partial charge in [0.2, 0.25) is 0 Å². The Morgan fingerprint density at radius 1 is 1.15 bits per heavy atom. The zero-order chi connectivity index (χ0) is 18.7. The molecule has 0 saturated heterocycles. The molecule has 3 aromatic rings. The Kier molecular flexibility index (Phi) is 5.02. The Balaban J connectivity index is 1.88. The van der Waals surface area contributed by atoms with Crippen LogP contribution in [0, 0.1) is 20.8 Å². The first-order chi connectivity index (χ1) is 12.5. The first-order valence-electron chi connectivity index (χ1n) is 8.40. The first-order valence-corrected chi connectivity index (χ1v) is 8.40. The van der Waals surface area contributed by atoms with Gasteiger partial charge >= 0.3 is 6.09 Å². The van der Waals surface area contributed by atoms with Crippen molar-refractivity contribution in [1.82, 2.24) is 20.1 Å². The number of ether oxygens (including phenoxy) is 1. The van der Waals surface area contributed by atoms with E-state index in [2.05, 4.69) is 20.1 Å². The van der Waals surface area contributed by atoms with Gasteiger partial charge in [0.15, 0.2) is 0 Å². The van der Waals surface area contributed by atoms with Crippen LogP contribution in [0.5, 0.6) is 0 Å². The standard InChI is InChI=1S/C20H22N4O2/c1-13-5-7-16(11-17(13)12-21-20(25)26-4)18-9-10-24(23-18)19-8-6-14(2)22-15(19)3/h5-11H,12H2,1-4H3,(H,21,25). The van der Waals surface area contributed by atoms with Crippen LogP contribution in [0.2, 0.25) is 0 Å². The normalized spacial score (nSPS) is 10.6. The summed E-state index contributed by atoms with van der Waals surface area (Å²) < 4.78 is 6.46. The topological polar surface area (TPSA) is 69.0 Å². The lowest BCUT2D eigenvalue weighted by Crippen LogP contribution is -2.22. The molecule has 1 amide bonds. The molecule has 0 atom stereocenters. The second-order valence-electron chi connectivity index (χ2n) is 6.19. The summed E-state index contributed by atoms with van der Waals surface area (Å²) in [6, 6.07) is 12.1. The molecule has 0 aliphatic rings. The molecule has 0 fully saturated rings. The lowest BCUT2D eigenvalue weighted by Gasteiger charge is -2.09. The monoisotopic (exact) mass is 350 g/mol. The fraction of sp³-hybridized carbons (Fsp3) is 0.250. The van der Waals surface area contributed by atoms with Gasteiger partial charge in [-0.3, -0.25) is 4.98 Å². The summed E-state index contributed by atoms with van der Waals surface area (Å²) in [4.78, 5) is 15.8. The van der Waals surface area contributed by atoms with Crippen molar-refractivity contribution in [1.29, 1.82) is 0 Å². The highest BCUT2D eigenvalue weighted by atomic mass is 16.5. The minimum absolute atomic E-state index is 0.411. The molecule has 6 nitrogen and oxygen atoms in total. The number of hydrogen-bond donors (Lipinski definition) is 1. The molecule has 2 aromatic heterocycles. The third-order valence-electron chi connectivity index (χ3n) is 4.29. The molecule has 26 heavy (non-hydrogen) atoms. The van der Waals surface area contributed by atoms with Gasteiger partial charge in [0.05, 0.1) is 24.2 Å². The molecule has 2 heterocycles. The number of methoxy groups -OCH3 is 1. The number of nitrogens with one attached hydrogen (secondary N) is 1. The molecule has 0 saturated carbocycles. The Morgan fingerprint density at radius 3 is 2.69 bits per heavy atom. The van der Waals surface area contributed by atoms with Crippen LogP contribution in [0.1, 0.15) is 22.5 Å². The fourth-order valence-electron chi connectivity index (χ4n) is 2.79. The van der Waals surface area contributed by atoms with Gasteiger partial charge < -0.3 is 10.1 Å². The zero-order valence-corrected chi connectivity index (χ0v) is 15.4. The van der Waals surface area contributed by atoms with Gasteiger partial charge in [0, 0.05) is 24.0 Å². The van der Waals surface area contributed by atoms with Crippen LogP contribution < -0.4 is 5.32 Å². The van der Waals surface area contributed by atoms with E-state index in [-0.39, 0.29) is 0 Å². The van der Waals surface area contributed by atoms with Gasteiger partial charge in [-0.2, -0.15) is 5.10 Å². The predicted molar refractivity (Wildman–Crippen MR) is 100 cm³/mol. The molecule has 1 aromatic carbocycles. The smallest absolute Gasteiger partial charge is 0.407 e. The van der Waals surface area contributed by atoms with Crippen molar-refractivity contribution in [3.63, 3.8) is 0 Å². The van der Waals surface area contributed by atoms with Crippen molar-refractivity contribution in [3.8, 4) is 16.9 Å². The van der Waals surface area contributed by atoms with Crippen molar-refractivity contribution < 1.29 is 9.53 Å². The van der Waals surface area contributed by atoms with E-state index in [4.69, 9.17) is 0 Å². The van der Waals surface area contributed by atoms with E-state index < -0.39 is 6.09 Å². The molecule has 3 rings (SSSR count). The predicted octanol–water partition coefficient (Wildman–Crippen LogP) is 3.72. The van der Waals surface area contributed by atoms with Crippen molar-refractivity contribution in [3.05, 3.63) is 65.1 Å². The maximum absolute atomic E-state index is 11.3. The molecule has 0 aliphatic carbocycles. The number of carbonyl (C=O) groups is 1. The minimum atomic E-state index is -0.443. The lowest BCUT2D eigenvalue weighted by molar-refractivity contribution is 0.170. The minimum Gasteiger partial charge on any atom is -0.453 e. The third kappa shape index (κ3) is 3.74. The van der Waals surface area contributed by atoms with Gasteiger partial charge in [-0.25, -0.2) is 9.48 Å². The summed E-state index contributed by atoms with van der Waals surface area (Å²) in [5.41, 5.74) is 6.87. The Morgan fingerprint density at radius 2 is 1.96 bits per heavy atom. The van der Waals surface area contributed by atoms with E-state index in [1.807, 2.05) is 68.0 Å². The first kappa shape index (κ1) is 17.7. The second-order valence-corrected chi connectivity index (χ2v) is 6.19. The SMILES string of the molecule is COC(=O)NCc1cc(-c2ccn(-c3ccc(C)nc3C)n2)ccc1C. The summed E-state index contributed by atoms with van der Waals surface area (Å²) in [5.74, 6) is 0. The van der Waals surface area contributed by atoms with Crippen LogP contribution >= 0.6 is 0 Å². The van der Waals surface area contributed by atoms with E-state index >= 15 is 0 Å². The maximum Gasteiger partial charge on any atom is 0.407 e. The van der Waals surface area contributed by atoms with Crippen LogP contribution in [0.4, 0.5) is 4.79 Å². The zero-order valence-electron chi connectivity index (χ0n) is 15.4. The Bertz CT molecular complexity index is 947. The van der Waals surface area contributed by atoms with E-state index in [1.54, 1.807) is 0 Å². The number of benzene rings is 1. The van der Waals surface area contributed by atoms with Crippen LogP contribution in [-0.4, -0.2) is 28.0 Å². The largest absolute Gasteiger partial charge is 0.453 e. The molecule has 0 spiro atoms. The number of nitrogens with zero attached hydrogens (tertiary/aromatic N) is 3. The average Bonchev–Trinajstić information content (AvgIpc) is 3.10. The fourth-order valence-corrected chi connectivity index (χ4v) is 2.79. The number of rotatable bonds is 4. The van der Waals surface area contributed by atoms with E-state index in [1.165, 1.54) is 7.11 Å². The summed E-state index contributed by atoms with van der Waals surface area (Å²) in [7, 11) is 1.35. The second kappa shape index (κ2) is 7.39. The summed E-state index contributed by atoms with van der Waals surface area (Å²) in [5, 5.41) is 7.40. The van der Waals surface area contributed by atoms with E-state index in [0.717, 1.165) is 39.5 Å². The number of pyridine rings is 1. The molecule has 0 bridgehead atoms. The molecular weight excluding hydrogens is 328 g/mol. The molecule has 134 valence electrons. The van der Waals surface area contributed by atoms with Crippen molar-refractivity contribution >= 4 is 6.09 Å². The molecule has 0 unspecified atom stereocenters. The quantitative estimate of drug-likeness (QED) is 0.779. The number of aryl methyl sites for hydroxylation is 3. The van der Waals surface area contributed by atoms with Crippen LogP contribution in [0.15, 0.2) is 42.6 Å². The maximum atomic E-state index is 11.3. The van der Waals surface area contributed by atoms with Crippen molar-refractivity contribution in [2.75, 3.05) is 7.11 Å². The lowest BCUT2D eigenvalue weighted by atomic mass is 10.0. The van der Waals surface area contributed by atoms with Crippen molar-refractivity contribution in [2.24, 2.45) is 0 Å². The molecule has 0 aliphatic heterocycles. The van der Waals surface area contributed by atoms with Gasteiger partial charge in [-0.1, -0.05) is 12.1 Å². The average molecular weight is 350 g/mol. The summed E-state index contributed by atoms with van der Waals surface area (Å²) >= 11 is 0. The Hall–Kier alpha value is -3.15. The van der Waals surface area contributed by atoms with E-state index in [0.29, 0.717) is 6.54 Å². The Labute approximate surface area is 152 Å². The highest BCUT2D eigenvalue weighted by molar-refractivity contribution is 5.67. The summed E-state index contributed by atoms with van der Waals surface area (Å²) in [6.07, 6.45) is 1.49. The van der Waals surface area contributed by atoms with Gasteiger partial charge in [0.25, 0.3) is 0 Å². The number of aromatic nitrogens is 3. The molecule has 6 heteroatoms. The molecule has 0 radical (unpaired) electrons. The number of alkyl carbamates (subject to hydrolysis) is 1. The number of amides is 1. The highest BCUT2D eigenvalue weighted by Gasteiger charge is 2.09. The van der Waals surface area contributed by atoms with E-state index in [9.17, 15) is 4.79 Å². The van der Waals surface area contributed by atoms with Crippen LogP contribution in [0.3, 0.4) is 0 Å².